The summed E-state index contributed by atoms with van der Waals surface area (Å²) in [5.74, 6) is 1.01. The van der Waals surface area contributed by atoms with E-state index in [1.165, 1.54) is 7.11 Å². The number of hydrogen-bond acceptors (Lipinski definition) is 6. The molecule has 3 aromatic rings. The van der Waals surface area contributed by atoms with Crippen LogP contribution in [0.5, 0.6) is 11.5 Å². The summed E-state index contributed by atoms with van der Waals surface area (Å²) in [6, 6.07) is 12.6. The number of nitriles is 1. The van der Waals surface area contributed by atoms with Crippen LogP contribution in [0.25, 0.3) is 10.9 Å². The minimum absolute atomic E-state index is 0.197. The highest BCUT2D eigenvalue weighted by molar-refractivity contribution is 6.32. The average molecular weight is 427 g/mol. The lowest BCUT2D eigenvalue weighted by molar-refractivity contribution is 0.262. The van der Waals surface area contributed by atoms with Gasteiger partial charge in [-0.15, -0.1) is 0 Å². The maximum atomic E-state index is 12.5. The summed E-state index contributed by atoms with van der Waals surface area (Å²) in [6.07, 6.45) is 0. The van der Waals surface area contributed by atoms with E-state index >= 15 is 0 Å². The second-order valence-electron chi connectivity index (χ2n) is 7.03. The smallest absolute Gasteiger partial charge is 0.253 e. The Bertz CT molecular complexity index is 1150. The van der Waals surface area contributed by atoms with Crippen LogP contribution in [-0.4, -0.2) is 44.2 Å². The molecule has 30 heavy (non-hydrogen) atoms. The molecule has 0 aliphatic carbocycles. The SMILES string of the molecule is COc1cc(NCc2cc3cc(Cl)c(OCCN(C)C)cc3[nH]c2=O)ccc1C#N. The largest absolute Gasteiger partial charge is 0.495 e. The quantitative estimate of drug-likeness (QED) is 0.571. The first-order chi connectivity index (χ1) is 14.4. The van der Waals surface area contributed by atoms with Gasteiger partial charge in [-0.05, 0) is 38.4 Å². The summed E-state index contributed by atoms with van der Waals surface area (Å²) in [6.45, 7) is 1.56. The summed E-state index contributed by atoms with van der Waals surface area (Å²) in [7, 11) is 5.44. The van der Waals surface area contributed by atoms with Crippen molar-refractivity contribution in [3.63, 3.8) is 0 Å². The van der Waals surface area contributed by atoms with Crippen LogP contribution < -0.4 is 20.3 Å². The van der Waals surface area contributed by atoms with Crippen LogP contribution in [0.15, 0.2) is 41.2 Å². The van der Waals surface area contributed by atoms with E-state index in [1.54, 1.807) is 36.4 Å². The number of aromatic nitrogens is 1. The van der Waals surface area contributed by atoms with Crippen LogP contribution in [0.3, 0.4) is 0 Å². The molecule has 0 saturated heterocycles. The van der Waals surface area contributed by atoms with Gasteiger partial charge in [0.15, 0.2) is 0 Å². The number of methoxy groups -OCH3 is 1. The van der Waals surface area contributed by atoms with Crippen molar-refractivity contribution < 1.29 is 9.47 Å². The molecule has 3 rings (SSSR count). The van der Waals surface area contributed by atoms with Gasteiger partial charge in [0.05, 0.1) is 23.2 Å². The molecule has 0 aliphatic rings. The number of hydrogen-bond donors (Lipinski definition) is 2. The van der Waals surface area contributed by atoms with Crippen LogP contribution in [0.4, 0.5) is 5.69 Å². The Morgan fingerprint density at radius 2 is 2.00 bits per heavy atom. The van der Waals surface area contributed by atoms with Gasteiger partial charge >= 0.3 is 0 Å². The topological polar surface area (TPSA) is 90.4 Å². The van der Waals surface area contributed by atoms with Crippen LogP contribution >= 0.6 is 11.6 Å². The molecule has 0 atom stereocenters. The van der Waals surface area contributed by atoms with Crippen molar-refractivity contribution in [2.75, 3.05) is 39.7 Å². The molecule has 7 nitrogen and oxygen atoms in total. The number of fused-ring (bicyclic) bond motifs is 1. The molecule has 1 aromatic heterocycles. The Labute approximate surface area is 179 Å². The molecule has 0 fully saturated rings. The third-order valence-corrected chi connectivity index (χ3v) is 4.87. The Morgan fingerprint density at radius 3 is 2.70 bits per heavy atom. The number of H-pyrrole nitrogens is 1. The molecule has 0 unspecified atom stereocenters. The van der Waals surface area contributed by atoms with E-state index in [4.69, 9.17) is 26.3 Å². The van der Waals surface area contributed by atoms with Crippen molar-refractivity contribution in [1.82, 2.24) is 9.88 Å². The maximum absolute atomic E-state index is 12.5. The maximum Gasteiger partial charge on any atom is 0.253 e. The first kappa shape index (κ1) is 21.5. The van der Waals surface area contributed by atoms with Gasteiger partial charge in [0.2, 0.25) is 0 Å². The highest BCUT2D eigenvalue weighted by Crippen LogP contribution is 2.29. The van der Waals surface area contributed by atoms with Crippen molar-refractivity contribution in [3.05, 3.63) is 62.9 Å². The molecule has 0 bridgehead atoms. The Kier molecular flexibility index (Phi) is 6.83. The minimum atomic E-state index is -0.197. The molecule has 2 aromatic carbocycles. The van der Waals surface area contributed by atoms with Gasteiger partial charge in [0.1, 0.15) is 24.2 Å². The van der Waals surface area contributed by atoms with Gasteiger partial charge in [-0.3, -0.25) is 4.79 Å². The molecular weight excluding hydrogens is 404 g/mol. The number of ether oxygens (including phenoxy) is 2. The van der Waals surface area contributed by atoms with E-state index in [1.807, 2.05) is 19.0 Å². The molecule has 0 radical (unpaired) electrons. The van der Waals surface area contributed by atoms with Crippen molar-refractivity contribution >= 4 is 28.2 Å². The highest BCUT2D eigenvalue weighted by Gasteiger charge is 2.10. The summed E-state index contributed by atoms with van der Waals surface area (Å²) in [5, 5.41) is 13.6. The van der Waals surface area contributed by atoms with E-state index in [2.05, 4.69) is 16.4 Å². The zero-order valence-electron chi connectivity index (χ0n) is 17.1. The van der Waals surface area contributed by atoms with Crippen molar-refractivity contribution in [2.24, 2.45) is 0 Å². The summed E-state index contributed by atoms with van der Waals surface area (Å²) >= 11 is 6.36. The summed E-state index contributed by atoms with van der Waals surface area (Å²) in [5.41, 5.74) is 2.21. The van der Waals surface area contributed by atoms with Gasteiger partial charge < -0.3 is 24.7 Å². The van der Waals surface area contributed by atoms with Gasteiger partial charge in [-0.2, -0.15) is 5.26 Å². The average Bonchev–Trinajstić information content (AvgIpc) is 2.72. The van der Waals surface area contributed by atoms with E-state index < -0.39 is 0 Å². The molecule has 2 N–H and O–H groups in total. The fraction of sp³-hybridized carbons (Fsp3) is 0.273. The van der Waals surface area contributed by atoms with Crippen LogP contribution in [0, 0.1) is 11.3 Å². The third-order valence-electron chi connectivity index (χ3n) is 4.57. The van der Waals surface area contributed by atoms with E-state index in [9.17, 15) is 4.79 Å². The Hall–Kier alpha value is -3.21. The molecule has 0 saturated carbocycles. The molecule has 0 amide bonds. The second kappa shape index (κ2) is 9.53. The zero-order valence-corrected chi connectivity index (χ0v) is 17.8. The fourth-order valence-corrected chi connectivity index (χ4v) is 3.15. The first-order valence-corrected chi connectivity index (χ1v) is 9.74. The van der Waals surface area contributed by atoms with Crippen molar-refractivity contribution in [1.29, 1.82) is 5.26 Å². The standard InChI is InChI=1S/C22H23ClN4O3/c1-27(2)6-7-30-21-11-19-15(9-18(21)23)8-16(22(28)26-19)13-25-17-5-4-14(12-24)20(10-17)29-3/h4-5,8-11,25H,6-7,13H2,1-3H3,(H,26,28). The van der Waals surface area contributed by atoms with Gasteiger partial charge in [0, 0.05) is 41.9 Å². The third kappa shape index (κ3) is 5.03. The van der Waals surface area contributed by atoms with E-state index in [-0.39, 0.29) is 5.56 Å². The zero-order chi connectivity index (χ0) is 21.7. The Morgan fingerprint density at radius 1 is 1.20 bits per heavy atom. The number of rotatable bonds is 8. The van der Waals surface area contributed by atoms with Gasteiger partial charge in [-0.25, -0.2) is 0 Å². The minimum Gasteiger partial charge on any atom is -0.495 e. The second-order valence-corrected chi connectivity index (χ2v) is 7.43. The molecule has 8 heteroatoms. The van der Waals surface area contributed by atoms with Crippen LogP contribution in [0.1, 0.15) is 11.1 Å². The van der Waals surface area contributed by atoms with E-state index in [0.29, 0.717) is 46.3 Å². The lowest BCUT2D eigenvalue weighted by Gasteiger charge is -2.13. The Balaban J connectivity index is 1.79. The number of halogens is 1. The van der Waals surface area contributed by atoms with Crippen molar-refractivity contribution in [2.45, 2.75) is 6.54 Å². The van der Waals surface area contributed by atoms with Crippen LogP contribution in [-0.2, 0) is 6.54 Å². The monoisotopic (exact) mass is 426 g/mol. The fourth-order valence-electron chi connectivity index (χ4n) is 2.92. The molecular formula is C22H23ClN4O3. The lowest BCUT2D eigenvalue weighted by Crippen LogP contribution is -2.19. The normalized spacial score (nSPS) is 10.8. The number of likely N-dealkylation sites (N-methyl/N-ethyl adjacent to an activating group) is 1. The number of nitrogens with zero attached hydrogens (tertiary/aromatic N) is 2. The lowest BCUT2D eigenvalue weighted by atomic mass is 10.1. The molecule has 156 valence electrons. The number of benzene rings is 2. The molecule has 1 heterocycles. The van der Waals surface area contributed by atoms with Crippen LogP contribution in [0.2, 0.25) is 5.02 Å². The molecule has 0 spiro atoms. The number of anilines is 1. The molecule has 0 aliphatic heterocycles. The predicted octanol–water partition coefficient (Wildman–Crippen LogP) is 3.61. The summed E-state index contributed by atoms with van der Waals surface area (Å²) < 4.78 is 10.9. The van der Waals surface area contributed by atoms with E-state index in [0.717, 1.165) is 17.6 Å². The number of nitrogens with one attached hydrogen (secondary N) is 2. The van der Waals surface area contributed by atoms with Gasteiger partial charge in [0.25, 0.3) is 5.56 Å². The number of aromatic amines is 1. The highest BCUT2D eigenvalue weighted by atomic mass is 35.5. The van der Waals surface area contributed by atoms with Gasteiger partial charge in [-0.1, -0.05) is 11.6 Å². The summed E-state index contributed by atoms with van der Waals surface area (Å²) in [4.78, 5) is 17.4. The first-order valence-electron chi connectivity index (χ1n) is 9.36. The predicted molar refractivity (Wildman–Crippen MR) is 119 cm³/mol. The number of pyridine rings is 1. The van der Waals surface area contributed by atoms with Crippen molar-refractivity contribution in [3.8, 4) is 17.6 Å².